The number of urea groups is 1. The van der Waals surface area contributed by atoms with Crippen LogP contribution in [0.4, 0.5) is 10.5 Å². The summed E-state index contributed by atoms with van der Waals surface area (Å²) in [5, 5.41) is 19.4. The first-order chi connectivity index (χ1) is 12.2. The molecule has 1 aliphatic rings. The first kappa shape index (κ1) is 16.8. The highest BCUT2D eigenvalue weighted by atomic mass is 16.2. The molecule has 132 valence electrons. The Bertz CT molecular complexity index is 718. The maximum Gasteiger partial charge on any atom is 0.319 e. The lowest BCUT2D eigenvalue weighted by Gasteiger charge is -2.26. The molecule has 1 saturated heterocycles. The SMILES string of the molecule is O=C1CN(CCCNC(=O)Nc2cccc(-n3cnnn3)c2)CCN1. The second-order valence-electron chi connectivity index (χ2n) is 5.67. The van der Waals surface area contributed by atoms with E-state index in [0.29, 0.717) is 25.3 Å². The van der Waals surface area contributed by atoms with Gasteiger partial charge in [0.1, 0.15) is 6.33 Å². The van der Waals surface area contributed by atoms with E-state index in [1.54, 1.807) is 12.1 Å². The van der Waals surface area contributed by atoms with Gasteiger partial charge in [-0.25, -0.2) is 9.48 Å². The van der Waals surface area contributed by atoms with E-state index in [1.807, 2.05) is 12.1 Å². The lowest BCUT2D eigenvalue weighted by Crippen LogP contribution is -2.48. The molecule has 0 saturated carbocycles. The summed E-state index contributed by atoms with van der Waals surface area (Å²) in [5.41, 5.74) is 1.41. The van der Waals surface area contributed by atoms with Crippen LogP contribution in [0.1, 0.15) is 6.42 Å². The van der Waals surface area contributed by atoms with Crippen molar-refractivity contribution in [3.05, 3.63) is 30.6 Å². The Labute approximate surface area is 144 Å². The number of anilines is 1. The summed E-state index contributed by atoms with van der Waals surface area (Å²) in [6.45, 7) is 3.28. The van der Waals surface area contributed by atoms with Crippen LogP contribution in [0.15, 0.2) is 30.6 Å². The smallest absolute Gasteiger partial charge is 0.319 e. The van der Waals surface area contributed by atoms with Gasteiger partial charge < -0.3 is 16.0 Å². The minimum Gasteiger partial charge on any atom is -0.354 e. The van der Waals surface area contributed by atoms with Crippen molar-refractivity contribution in [2.75, 3.05) is 38.0 Å². The number of aromatic nitrogens is 4. The van der Waals surface area contributed by atoms with Gasteiger partial charge in [0.2, 0.25) is 5.91 Å². The van der Waals surface area contributed by atoms with Gasteiger partial charge in [-0.2, -0.15) is 0 Å². The van der Waals surface area contributed by atoms with Gasteiger partial charge in [-0.15, -0.1) is 5.10 Å². The van der Waals surface area contributed by atoms with Gasteiger partial charge in [-0.3, -0.25) is 9.69 Å². The van der Waals surface area contributed by atoms with Crippen molar-refractivity contribution in [3.63, 3.8) is 0 Å². The van der Waals surface area contributed by atoms with Crippen LogP contribution in [-0.4, -0.2) is 69.8 Å². The Morgan fingerprint density at radius 2 is 2.28 bits per heavy atom. The molecule has 25 heavy (non-hydrogen) atoms. The predicted molar refractivity (Wildman–Crippen MR) is 90.2 cm³/mol. The number of hydrogen-bond donors (Lipinski definition) is 3. The first-order valence-electron chi connectivity index (χ1n) is 8.08. The van der Waals surface area contributed by atoms with E-state index in [9.17, 15) is 9.59 Å². The molecule has 1 aromatic heterocycles. The highest BCUT2D eigenvalue weighted by Crippen LogP contribution is 2.13. The maximum atomic E-state index is 12.0. The molecular formula is C15H20N8O2. The molecule has 3 N–H and O–H groups in total. The van der Waals surface area contributed by atoms with Crippen molar-refractivity contribution in [2.24, 2.45) is 0 Å². The molecule has 0 radical (unpaired) electrons. The normalized spacial score (nSPS) is 14.8. The second-order valence-corrected chi connectivity index (χ2v) is 5.67. The summed E-state index contributed by atoms with van der Waals surface area (Å²) in [5.74, 6) is 0.0550. The number of nitrogens with zero attached hydrogens (tertiary/aromatic N) is 5. The summed E-state index contributed by atoms with van der Waals surface area (Å²) < 4.78 is 1.51. The van der Waals surface area contributed by atoms with Crippen LogP contribution in [0.2, 0.25) is 0 Å². The molecule has 1 fully saturated rings. The number of rotatable bonds is 6. The van der Waals surface area contributed by atoms with Crippen LogP contribution >= 0.6 is 0 Å². The standard InChI is InChI=1S/C15H20N8O2/c24-14-10-22(8-6-16-14)7-2-5-17-15(25)19-12-3-1-4-13(9-12)23-11-18-20-21-23/h1,3-4,9,11H,2,5-8,10H2,(H,16,24)(H2,17,19,25). The predicted octanol–water partition coefficient (Wildman–Crippen LogP) is -0.394. The molecule has 10 heteroatoms. The van der Waals surface area contributed by atoms with Crippen molar-refractivity contribution in [1.82, 2.24) is 35.7 Å². The average molecular weight is 344 g/mol. The van der Waals surface area contributed by atoms with Crippen LogP contribution in [0.3, 0.4) is 0 Å². The van der Waals surface area contributed by atoms with E-state index in [1.165, 1.54) is 11.0 Å². The van der Waals surface area contributed by atoms with Gasteiger partial charge in [0.25, 0.3) is 0 Å². The van der Waals surface area contributed by atoms with Crippen LogP contribution in [0, 0.1) is 0 Å². The number of piperazine rings is 1. The molecule has 3 rings (SSSR count). The molecule has 1 aliphatic heterocycles. The minimum absolute atomic E-state index is 0.0550. The topological polar surface area (TPSA) is 117 Å². The number of amides is 3. The van der Waals surface area contributed by atoms with E-state index in [2.05, 4.69) is 36.4 Å². The number of benzene rings is 1. The fraction of sp³-hybridized carbons (Fsp3) is 0.400. The van der Waals surface area contributed by atoms with Crippen LogP contribution in [-0.2, 0) is 4.79 Å². The highest BCUT2D eigenvalue weighted by Gasteiger charge is 2.15. The van der Waals surface area contributed by atoms with Gasteiger partial charge in [-0.1, -0.05) is 6.07 Å². The fourth-order valence-electron chi connectivity index (χ4n) is 2.57. The van der Waals surface area contributed by atoms with Gasteiger partial charge in [-0.05, 0) is 35.0 Å². The third-order valence-corrected chi connectivity index (χ3v) is 3.77. The molecule has 0 bridgehead atoms. The van der Waals surface area contributed by atoms with Crippen LogP contribution in [0.5, 0.6) is 0 Å². The monoisotopic (exact) mass is 344 g/mol. The molecule has 3 amide bonds. The zero-order valence-corrected chi connectivity index (χ0v) is 13.7. The van der Waals surface area contributed by atoms with Gasteiger partial charge in [0.15, 0.2) is 0 Å². The quantitative estimate of drug-likeness (QED) is 0.614. The Balaban J connectivity index is 1.40. The van der Waals surface area contributed by atoms with Crippen molar-refractivity contribution in [3.8, 4) is 5.69 Å². The van der Waals surface area contributed by atoms with E-state index >= 15 is 0 Å². The lowest BCUT2D eigenvalue weighted by molar-refractivity contribution is -0.124. The molecule has 0 aliphatic carbocycles. The first-order valence-corrected chi connectivity index (χ1v) is 8.08. The third kappa shape index (κ3) is 4.98. The number of tetrazole rings is 1. The number of hydrogen-bond acceptors (Lipinski definition) is 6. The zero-order valence-electron chi connectivity index (χ0n) is 13.7. The Morgan fingerprint density at radius 1 is 1.36 bits per heavy atom. The van der Waals surface area contributed by atoms with Crippen molar-refractivity contribution in [2.45, 2.75) is 6.42 Å². The second kappa shape index (κ2) is 8.20. The summed E-state index contributed by atoms with van der Waals surface area (Å²) in [6, 6.07) is 6.95. The molecule has 10 nitrogen and oxygen atoms in total. The average Bonchev–Trinajstić information content (AvgIpc) is 3.14. The fourth-order valence-corrected chi connectivity index (χ4v) is 2.57. The third-order valence-electron chi connectivity index (χ3n) is 3.77. The molecule has 2 aromatic rings. The van der Waals surface area contributed by atoms with E-state index in [-0.39, 0.29) is 11.9 Å². The Morgan fingerprint density at radius 3 is 3.08 bits per heavy atom. The minimum atomic E-state index is -0.273. The molecule has 1 aromatic carbocycles. The molecule has 0 atom stereocenters. The van der Waals surface area contributed by atoms with E-state index in [4.69, 9.17) is 0 Å². The van der Waals surface area contributed by atoms with Crippen molar-refractivity contribution in [1.29, 1.82) is 0 Å². The summed E-state index contributed by atoms with van der Waals surface area (Å²) >= 11 is 0. The van der Waals surface area contributed by atoms with Gasteiger partial charge >= 0.3 is 6.03 Å². The molecule has 2 heterocycles. The molecule has 0 unspecified atom stereocenters. The summed E-state index contributed by atoms with van der Waals surface area (Å²) in [4.78, 5) is 25.3. The number of carbonyl (C=O) groups excluding carboxylic acids is 2. The Hall–Kier alpha value is -3.01. The lowest BCUT2D eigenvalue weighted by atomic mass is 10.3. The Kier molecular flexibility index (Phi) is 5.52. The number of carbonyl (C=O) groups is 2. The highest BCUT2D eigenvalue weighted by molar-refractivity contribution is 5.89. The largest absolute Gasteiger partial charge is 0.354 e. The summed E-state index contributed by atoms with van der Waals surface area (Å²) in [7, 11) is 0. The maximum absolute atomic E-state index is 12.0. The van der Waals surface area contributed by atoms with Gasteiger partial charge in [0, 0.05) is 31.9 Å². The van der Waals surface area contributed by atoms with Crippen LogP contribution < -0.4 is 16.0 Å². The van der Waals surface area contributed by atoms with Gasteiger partial charge in [0.05, 0.1) is 12.2 Å². The molecular weight excluding hydrogens is 324 g/mol. The van der Waals surface area contributed by atoms with E-state index < -0.39 is 0 Å². The zero-order chi connectivity index (χ0) is 17.5. The van der Waals surface area contributed by atoms with Crippen molar-refractivity contribution >= 4 is 17.6 Å². The summed E-state index contributed by atoms with van der Waals surface area (Å²) in [6.07, 6.45) is 2.27. The van der Waals surface area contributed by atoms with Crippen LogP contribution in [0.25, 0.3) is 5.69 Å². The van der Waals surface area contributed by atoms with E-state index in [0.717, 1.165) is 25.2 Å². The molecule has 0 spiro atoms. The van der Waals surface area contributed by atoms with Crippen molar-refractivity contribution < 1.29 is 9.59 Å². The number of nitrogens with one attached hydrogen (secondary N) is 3.